The third kappa shape index (κ3) is 4.68. The molecular formula is C21H25FN6O2. The van der Waals surface area contributed by atoms with Crippen molar-refractivity contribution in [2.75, 3.05) is 17.2 Å². The summed E-state index contributed by atoms with van der Waals surface area (Å²) in [6, 6.07) is 7.82. The third-order valence-corrected chi connectivity index (χ3v) is 4.97. The lowest BCUT2D eigenvalue weighted by molar-refractivity contribution is -0.00177. The fourth-order valence-electron chi connectivity index (χ4n) is 2.95. The van der Waals surface area contributed by atoms with Gasteiger partial charge < -0.3 is 21.1 Å². The van der Waals surface area contributed by atoms with Gasteiger partial charge >= 0.3 is 0 Å². The molecule has 8 nitrogen and oxygen atoms in total. The Morgan fingerprint density at radius 3 is 2.90 bits per heavy atom. The Morgan fingerprint density at radius 1 is 1.37 bits per heavy atom. The highest BCUT2D eigenvalue weighted by Crippen LogP contribution is 2.29. The third-order valence-electron chi connectivity index (χ3n) is 4.97. The van der Waals surface area contributed by atoms with Gasteiger partial charge in [-0.15, -0.1) is 0 Å². The van der Waals surface area contributed by atoms with Gasteiger partial charge in [-0.25, -0.2) is 13.9 Å². The first-order valence-electron chi connectivity index (χ1n) is 9.91. The first kappa shape index (κ1) is 20.1. The van der Waals surface area contributed by atoms with Gasteiger partial charge in [0, 0.05) is 36.4 Å². The topological polar surface area (TPSA) is 104 Å². The molecule has 158 valence electrons. The van der Waals surface area contributed by atoms with Crippen LogP contribution < -0.4 is 16.0 Å². The molecule has 0 radical (unpaired) electrons. The first-order chi connectivity index (χ1) is 14.3. The molecule has 3 aromatic rings. The number of alkyl halides is 1. The number of rotatable bonds is 8. The van der Waals surface area contributed by atoms with Gasteiger partial charge in [-0.05, 0) is 44.9 Å². The molecule has 1 amide bonds. The van der Waals surface area contributed by atoms with E-state index in [1.54, 1.807) is 16.8 Å². The summed E-state index contributed by atoms with van der Waals surface area (Å²) in [7, 11) is 0. The lowest BCUT2D eigenvalue weighted by atomic mass is 10.0. The molecule has 30 heavy (non-hydrogen) atoms. The maximum Gasteiger partial charge on any atom is 0.255 e. The molecule has 1 aliphatic rings. The van der Waals surface area contributed by atoms with Gasteiger partial charge in [-0.3, -0.25) is 4.79 Å². The molecule has 0 saturated heterocycles. The van der Waals surface area contributed by atoms with Gasteiger partial charge in [0.25, 0.3) is 5.91 Å². The standard InChI is InChI=1S/C21H25FN6O2/c1-21(2,30)18(22)12-24-20(29)16-11-23-19(10-17(16)26-13-3-4-13)27-14-6-8-28-15(9-14)5-7-25-28/h5-11,13,18,30H,3-4,12H2,1-2H3,(H,24,29)(H2,23,26,27)/t18-/m1/s1. The second kappa shape index (κ2) is 7.91. The molecule has 4 N–H and O–H groups in total. The number of hydrogen-bond acceptors (Lipinski definition) is 6. The van der Waals surface area contributed by atoms with Crippen LogP contribution in [0.1, 0.15) is 37.0 Å². The predicted molar refractivity (Wildman–Crippen MR) is 113 cm³/mol. The van der Waals surface area contributed by atoms with E-state index in [1.165, 1.54) is 20.0 Å². The van der Waals surface area contributed by atoms with Crippen LogP contribution in [0.3, 0.4) is 0 Å². The molecule has 3 aromatic heterocycles. The Balaban J connectivity index is 1.51. The van der Waals surface area contributed by atoms with E-state index < -0.39 is 17.7 Å². The van der Waals surface area contributed by atoms with Crippen LogP contribution in [0.2, 0.25) is 0 Å². The molecule has 1 aliphatic carbocycles. The summed E-state index contributed by atoms with van der Waals surface area (Å²) in [5, 5.41) is 23.0. The van der Waals surface area contributed by atoms with Crippen LogP contribution >= 0.6 is 0 Å². The number of halogens is 1. The Bertz CT molecular complexity index is 1060. The molecule has 1 saturated carbocycles. The molecule has 0 aliphatic heterocycles. The van der Waals surface area contributed by atoms with E-state index in [0.29, 0.717) is 23.1 Å². The lowest BCUT2D eigenvalue weighted by Gasteiger charge is -2.22. The van der Waals surface area contributed by atoms with Crippen LogP contribution in [0.5, 0.6) is 0 Å². The van der Waals surface area contributed by atoms with Crippen LogP contribution in [0.25, 0.3) is 5.52 Å². The lowest BCUT2D eigenvalue weighted by Crippen LogP contribution is -2.42. The van der Waals surface area contributed by atoms with E-state index in [9.17, 15) is 14.3 Å². The number of aromatic nitrogens is 3. The van der Waals surface area contributed by atoms with Crippen molar-refractivity contribution in [3.05, 3.63) is 48.4 Å². The van der Waals surface area contributed by atoms with Crippen LogP contribution in [0.4, 0.5) is 21.6 Å². The number of carbonyl (C=O) groups excluding carboxylic acids is 1. The maximum atomic E-state index is 14.0. The van der Waals surface area contributed by atoms with Gasteiger partial charge in [0.2, 0.25) is 0 Å². The van der Waals surface area contributed by atoms with E-state index in [1.807, 2.05) is 24.4 Å². The van der Waals surface area contributed by atoms with Gasteiger partial charge in [0.1, 0.15) is 12.0 Å². The number of nitrogens with one attached hydrogen (secondary N) is 3. The average Bonchev–Trinajstić information content (AvgIpc) is 3.38. The number of hydrogen-bond donors (Lipinski definition) is 4. The van der Waals surface area contributed by atoms with Crippen LogP contribution in [-0.2, 0) is 0 Å². The van der Waals surface area contributed by atoms with Crippen molar-refractivity contribution in [1.29, 1.82) is 0 Å². The Kier molecular flexibility index (Phi) is 5.29. The van der Waals surface area contributed by atoms with E-state index in [0.717, 1.165) is 24.0 Å². The van der Waals surface area contributed by atoms with Crippen molar-refractivity contribution in [2.45, 2.75) is 44.5 Å². The number of nitrogens with zero attached hydrogens (tertiary/aromatic N) is 3. The van der Waals surface area contributed by atoms with E-state index in [2.05, 4.69) is 26.0 Å². The summed E-state index contributed by atoms with van der Waals surface area (Å²) >= 11 is 0. The normalized spacial score (nSPS) is 15.1. The number of aliphatic hydroxyl groups is 1. The van der Waals surface area contributed by atoms with Crippen molar-refractivity contribution in [1.82, 2.24) is 19.9 Å². The van der Waals surface area contributed by atoms with Crippen molar-refractivity contribution in [3.63, 3.8) is 0 Å². The van der Waals surface area contributed by atoms with Crippen LogP contribution in [0.15, 0.2) is 42.9 Å². The second-order valence-corrected chi connectivity index (χ2v) is 8.11. The predicted octanol–water partition coefficient (Wildman–Crippen LogP) is 2.89. The van der Waals surface area contributed by atoms with E-state index in [4.69, 9.17) is 0 Å². The van der Waals surface area contributed by atoms with Crippen LogP contribution in [-0.4, -0.2) is 50.0 Å². The zero-order valence-electron chi connectivity index (χ0n) is 16.9. The summed E-state index contributed by atoms with van der Waals surface area (Å²) in [5.74, 6) is 0.142. The fourth-order valence-corrected chi connectivity index (χ4v) is 2.95. The summed E-state index contributed by atoms with van der Waals surface area (Å²) in [5.41, 5.74) is 1.24. The highest BCUT2D eigenvalue weighted by atomic mass is 19.1. The van der Waals surface area contributed by atoms with Crippen molar-refractivity contribution in [2.24, 2.45) is 0 Å². The molecule has 3 heterocycles. The van der Waals surface area contributed by atoms with Crippen molar-refractivity contribution < 1.29 is 14.3 Å². The quantitative estimate of drug-likeness (QED) is 0.454. The molecule has 9 heteroatoms. The molecule has 4 rings (SSSR count). The van der Waals surface area contributed by atoms with Crippen molar-refractivity contribution in [3.8, 4) is 0 Å². The summed E-state index contributed by atoms with van der Waals surface area (Å²) in [4.78, 5) is 17.0. The maximum absolute atomic E-state index is 14.0. The Labute approximate surface area is 173 Å². The second-order valence-electron chi connectivity index (χ2n) is 8.11. The highest BCUT2D eigenvalue weighted by Gasteiger charge is 2.28. The zero-order valence-corrected chi connectivity index (χ0v) is 16.9. The number of fused-ring (bicyclic) bond motifs is 1. The number of carbonyl (C=O) groups is 1. The number of anilines is 3. The molecule has 0 bridgehead atoms. The Morgan fingerprint density at radius 2 is 2.17 bits per heavy atom. The highest BCUT2D eigenvalue weighted by molar-refractivity contribution is 6.00. The number of pyridine rings is 2. The van der Waals surface area contributed by atoms with Crippen LogP contribution in [0, 0.1) is 0 Å². The molecule has 1 atom stereocenters. The van der Waals surface area contributed by atoms with Crippen molar-refractivity contribution >= 4 is 28.6 Å². The van der Waals surface area contributed by atoms with Gasteiger partial charge in [-0.1, -0.05) is 0 Å². The largest absolute Gasteiger partial charge is 0.387 e. The molecule has 0 aromatic carbocycles. The molecular weight excluding hydrogens is 387 g/mol. The summed E-state index contributed by atoms with van der Waals surface area (Å²) < 4.78 is 15.8. The zero-order chi connectivity index (χ0) is 21.3. The first-order valence-corrected chi connectivity index (χ1v) is 9.91. The van der Waals surface area contributed by atoms with E-state index in [-0.39, 0.29) is 6.54 Å². The SMILES string of the molecule is CC(C)(O)[C@H](F)CNC(=O)c1cnc(Nc2ccn3nccc3c2)cc1NC1CC1. The summed E-state index contributed by atoms with van der Waals surface area (Å²) in [6.07, 6.45) is 5.54. The van der Waals surface area contributed by atoms with Gasteiger partial charge in [0.05, 0.1) is 28.9 Å². The van der Waals surface area contributed by atoms with Gasteiger partial charge in [-0.2, -0.15) is 5.10 Å². The Hall–Kier alpha value is -3.20. The van der Waals surface area contributed by atoms with E-state index >= 15 is 0 Å². The minimum Gasteiger partial charge on any atom is -0.387 e. The number of amides is 1. The smallest absolute Gasteiger partial charge is 0.255 e. The monoisotopic (exact) mass is 412 g/mol. The fraction of sp³-hybridized carbons (Fsp3) is 0.381. The minimum absolute atomic E-state index is 0.281. The summed E-state index contributed by atoms with van der Waals surface area (Å²) in [6.45, 7) is 2.46. The van der Waals surface area contributed by atoms with Gasteiger partial charge in [0.15, 0.2) is 0 Å². The molecule has 0 spiro atoms. The molecule has 0 unspecified atom stereocenters. The average molecular weight is 412 g/mol. The minimum atomic E-state index is -1.58. The molecule has 1 fully saturated rings.